The normalized spacial score (nSPS) is 25.9. The molecule has 1 aromatic carbocycles. The molecule has 2 N–H and O–H groups in total. The van der Waals surface area contributed by atoms with Gasteiger partial charge in [-0.1, -0.05) is 19.8 Å². The van der Waals surface area contributed by atoms with Gasteiger partial charge in [0.1, 0.15) is 0 Å². The van der Waals surface area contributed by atoms with Crippen LogP contribution in [-0.4, -0.2) is 38.9 Å². The van der Waals surface area contributed by atoms with E-state index in [1.54, 1.807) is 18.2 Å². The zero-order valence-corrected chi connectivity index (χ0v) is 19.2. The molecular weight excluding hydrogens is 414 g/mol. The number of sulfonamides is 1. The Morgan fingerprint density at radius 2 is 1.84 bits per heavy atom. The first-order chi connectivity index (χ1) is 14.8. The minimum atomic E-state index is -3.71. The molecule has 1 aromatic rings. The van der Waals surface area contributed by atoms with E-state index in [1.165, 1.54) is 6.42 Å². The van der Waals surface area contributed by atoms with Crippen molar-refractivity contribution in [3.63, 3.8) is 0 Å². The van der Waals surface area contributed by atoms with Crippen molar-refractivity contribution < 1.29 is 18.0 Å². The highest BCUT2D eigenvalue weighted by Gasteiger charge is 2.39. The second kappa shape index (κ2) is 8.90. The fourth-order valence-corrected chi connectivity index (χ4v) is 5.91. The molecule has 3 atom stereocenters. The molecule has 1 heterocycles. The van der Waals surface area contributed by atoms with E-state index in [4.69, 9.17) is 0 Å². The summed E-state index contributed by atoms with van der Waals surface area (Å²) in [5.74, 6) is 0.632. The maximum absolute atomic E-state index is 12.7. The number of anilines is 1. The van der Waals surface area contributed by atoms with Crippen LogP contribution in [-0.2, 0) is 26.0 Å². The fraction of sp³-hybridized carbons (Fsp3) is 0.652. The van der Waals surface area contributed by atoms with Crippen molar-refractivity contribution in [3.05, 3.63) is 23.8 Å². The number of rotatable bonds is 7. The van der Waals surface area contributed by atoms with Crippen LogP contribution in [0, 0.1) is 11.8 Å². The number of hydrogen-bond acceptors (Lipinski definition) is 4. The Morgan fingerprint density at radius 3 is 2.55 bits per heavy atom. The summed E-state index contributed by atoms with van der Waals surface area (Å²) in [5, 5.41) is 3.05. The van der Waals surface area contributed by atoms with Gasteiger partial charge >= 0.3 is 0 Å². The maximum atomic E-state index is 12.7. The van der Waals surface area contributed by atoms with Gasteiger partial charge in [-0.2, -0.15) is 0 Å². The van der Waals surface area contributed by atoms with Crippen molar-refractivity contribution in [2.75, 3.05) is 11.4 Å². The molecule has 4 rings (SSSR count). The van der Waals surface area contributed by atoms with E-state index in [2.05, 4.69) is 17.0 Å². The second-order valence-electron chi connectivity index (χ2n) is 9.41. The molecule has 7 nitrogen and oxygen atoms in total. The number of fused-ring (bicyclic) bond motifs is 1. The van der Waals surface area contributed by atoms with E-state index in [-0.39, 0.29) is 47.7 Å². The van der Waals surface area contributed by atoms with Gasteiger partial charge in [0.2, 0.25) is 21.8 Å². The van der Waals surface area contributed by atoms with Gasteiger partial charge in [0.25, 0.3) is 0 Å². The molecule has 3 unspecified atom stereocenters. The van der Waals surface area contributed by atoms with E-state index in [0.717, 1.165) is 43.4 Å². The first-order valence-electron chi connectivity index (χ1n) is 11.5. The fourth-order valence-electron chi connectivity index (χ4n) is 4.83. The molecule has 0 bridgehead atoms. The zero-order valence-electron chi connectivity index (χ0n) is 18.4. The average molecular weight is 448 g/mol. The summed E-state index contributed by atoms with van der Waals surface area (Å²) in [6, 6.07) is 5.19. The highest BCUT2D eigenvalue weighted by atomic mass is 32.2. The molecule has 0 radical (unpaired) electrons. The van der Waals surface area contributed by atoms with Crippen LogP contribution in [0.3, 0.4) is 0 Å². The van der Waals surface area contributed by atoms with Crippen molar-refractivity contribution in [1.29, 1.82) is 0 Å². The maximum Gasteiger partial charge on any atom is 0.240 e. The number of benzene rings is 1. The van der Waals surface area contributed by atoms with Crippen LogP contribution >= 0.6 is 0 Å². The predicted molar refractivity (Wildman–Crippen MR) is 119 cm³/mol. The van der Waals surface area contributed by atoms with Crippen LogP contribution < -0.4 is 14.9 Å². The summed E-state index contributed by atoms with van der Waals surface area (Å²) in [4.78, 5) is 26.8. The number of carbonyl (C=O) groups excluding carboxylic acids is 2. The zero-order chi connectivity index (χ0) is 22.2. The van der Waals surface area contributed by atoms with Gasteiger partial charge in [-0.05, 0) is 68.7 Å². The molecule has 2 amide bonds. The lowest BCUT2D eigenvalue weighted by molar-refractivity contribution is -0.122. The lowest BCUT2D eigenvalue weighted by Crippen LogP contribution is -2.42. The van der Waals surface area contributed by atoms with E-state index in [9.17, 15) is 18.0 Å². The third kappa shape index (κ3) is 4.95. The van der Waals surface area contributed by atoms with Crippen molar-refractivity contribution in [1.82, 2.24) is 10.0 Å². The minimum Gasteiger partial charge on any atom is -0.353 e. The van der Waals surface area contributed by atoms with Crippen molar-refractivity contribution in [2.45, 2.75) is 82.2 Å². The Morgan fingerprint density at radius 1 is 1.10 bits per heavy atom. The molecule has 170 valence electrons. The van der Waals surface area contributed by atoms with E-state index in [0.29, 0.717) is 12.3 Å². The molecule has 0 spiro atoms. The van der Waals surface area contributed by atoms with Crippen LogP contribution in [0.15, 0.2) is 23.1 Å². The van der Waals surface area contributed by atoms with Gasteiger partial charge in [-0.3, -0.25) is 9.59 Å². The molecule has 8 heteroatoms. The molecule has 2 aliphatic carbocycles. The summed E-state index contributed by atoms with van der Waals surface area (Å²) in [6.07, 6.45) is 7.11. The lowest BCUT2D eigenvalue weighted by Gasteiger charge is -2.29. The van der Waals surface area contributed by atoms with Crippen LogP contribution in [0.25, 0.3) is 0 Å². The standard InChI is InChI=1S/C23H33N3O4S/c1-15-5-3-4-6-20(15)25-22(27)11-12-24-31(29,30)19-9-10-21-18(14-19)13-16(2)26(21)23(28)17-7-8-17/h9-10,14-17,20,24H,3-8,11-13H2,1-2H3,(H,25,27). The Hall–Kier alpha value is -1.93. The Balaban J connectivity index is 1.34. The highest BCUT2D eigenvalue weighted by Crippen LogP contribution is 2.39. The van der Waals surface area contributed by atoms with Crippen LogP contribution in [0.4, 0.5) is 5.69 Å². The van der Waals surface area contributed by atoms with Crippen LogP contribution in [0.5, 0.6) is 0 Å². The monoisotopic (exact) mass is 447 g/mol. The Bertz CT molecular complexity index is 958. The quantitative estimate of drug-likeness (QED) is 0.672. The molecule has 1 aliphatic heterocycles. The SMILES string of the molecule is CC1CCCCC1NC(=O)CCNS(=O)(=O)c1ccc2c(c1)CC(C)N2C(=O)C1CC1. The topological polar surface area (TPSA) is 95.6 Å². The van der Waals surface area contributed by atoms with Crippen molar-refractivity contribution >= 4 is 27.5 Å². The first kappa shape index (κ1) is 22.3. The van der Waals surface area contributed by atoms with Gasteiger partial charge in [0.15, 0.2) is 0 Å². The van der Waals surface area contributed by atoms with Gasteiger partial charge in [0, 0.05) is 36.7 Å². The number of nitrogens with zero attached hydrogens (tertiary/aromatic N) is 1. The largest absolute Gasteiger partial charge is 0.353 e. The molecule has 0 saturated heterocycles. The third-order valence-electron chi connectivity index (χ3n) is 6.84. The number of carbonyl (C=O) groups is 2. The van der Waals surface area contributed by atoms with Crippen molar-refractivity contribution in [2.24, 2.45) is 11.8 Å². The molecule has 3 aliphatic rings. The van der Waals surface area contributed by atoms with Crippen LogP contribution in [0.2, 0.25) is 0 Å². The average Bonchev–Trinajstić information content (AvgIpc) is 3.51. The number of amides is 2. The summed E-state index contributed by atoms with van der Waals surface area (Å²) >= 11 is 0. The number of nitrogens with one attached hydrogen (secondary N) is 2. The predicted octanol–water partition coefficient (Wildman–Crippen LogP) is 2.74. The van der Waals surface area contributed by atoms with Gasteiger partial charge in [-0.25, -0.2) is 13.1 Å². The molecular formula is C23H33N3O4S. The van der Waals surface area contributed by atoms with Crippen molar-refractivity contribution in [3.8, 4) is 0 Å². The van der Waals surface area contributed by atoms with E-state index < -0.39 is 10.0 Å². The van der Waals surface area contributed by atoms with E-state index in [1.807, 2.05) is 11.8 Å². The lowest BCUT2D eigenvalue weighted by atomic mass is 9.86. The van der Waals surface area contributed by atoms with Gasteiger partial charge < -0.3 is 10.2 Å². The summed E-state index contributed by atoms with van der Waals surface area (Å²) in [7, 11) is -3.71. The minimum absolute atomic E-state index is 0.0416. The summed E-state index contributed by atoms with van der Waals surface area (Å²) in [5.41, 5.74) is 1.71. The Kier molecular flexibility index (Phi) is 6.40. The molecule has 2 fully saturated rings. The third-order valence-corrected chi connectivity index (χ3v) is 8.30. The smallest absolute Gasteiger partial charge is 0.240 e. The van der Waals surface area contributed by atoms with E-state index >= 15 is 0 Å². The Labute approximate surface area is 185 Å². The van der Waals surface area contributed by atoms with Gasteiger partial charge in [-0.15, -0.1) is 0 Å². The number of hydrogen-bond donors (Lipinski definition) is 2. The van der Waals surface area contributed by atoms with Gasteiger partial charge in [0.05, 0.1) is 4.90 Å². The molecule has 31 heavy (non-hydrogen) atoms. The summed E-state index contributed by atoms with van der Waals surface area (Å²) < 4.78 is 28.0. The first-order valence-corrected chi connectivity index (χ1v) is 13.0. The highest BCUT2D eigenvalue weighted by molar-refractivity contribution is 7.89. The molecule has 2 saturated carbocycles. The molecule has 0 aromatic heterocycles. The van der Waals surface area contributed by atoms with Crippen LogP contribution in [0.1, 0.15) is 64.4 Å². The summed E-state index contributed by atoms with van der Waals surface area (Å²) in [6.45, 7) is 4.22. The second-order valence-corrected chi connectivity index (χ2v) is 11.2.